The molecule has 112 valence electrons. The third kappa shape index (κ3) is 3.07. The van der Waals surface area contributed by atoms with Crippen LogP contribution in [0.15, 0.2) is 6.33 Å². The first-order valence-corrected chi connectivity index (χ1v) is 7.99. The minimum absolute atomic E-state index is 0.471. The molecule has 1 aromatic rings. The number of aromatic nitrogens is 2. The first-order chi connectivity index (χ1) is 9.52. The van der Waals surface area contributed by atoms with Gasteiger partial charge in [-0.25, -0.2) is 4.98 Å². The zero-order valence-electron chi connectivity index (χ0n) is 13.1. The van der Waals surface area contributed by atoms with E-state index in [-0.39, 0.29) is 0 Å². The van der Waals surface area contributed by atoms with Crippen LogP contribution in [-0.4, -0.2) is 40.5 Å². The van der Waals surface area contributed by atoms with Crippen LogP contribution in [0.25, 0.3) is 0 Å². The number of H-pyrrole nitrogens is 1. The van der Waals surface area contributed by atoms with Gasteiger partial charge in [0.1, 0.15) is 0 Å². The number of hydrogen-bond acceptors (Lipinski definition) is 3. The SMILES string of the molecule is CC(C)(C)C1CCN(CC2Cc3nc[nH]c3CN2)CC1. The van der Waals surface area contributed by atoms with Gasteiger partial charge >= 0.3 is 0 Å². The molecule has 20 heavy (non-hydrogen) atoms. The molecule has 1 unspecified atom stereocenters. The molecule has 0 bridgehead atoms. The van der Waals surface area contributed by atoms with Gasteiger partial charge < -0.3 is 15.2 Å². The van der Waals surface area contributed by atoms with Crippen molar-refractivity contribution in [1.29, 1.82) is 0 Å². The van der Waals surface area contributed by atoms with Crippen molar-refractivity contribution in [2.45, 2.75) is 52.6 Å². The highest BCUT2D eigenvalue weighted by Crippen LogP contribution is 2.34. The Morgan fingerprint density at radius 2 is 2.05 bits per heavy atom. The minimum Gasteiger partial charge on any atom is -0.347 e. The summed E-state index contributed by atoms with van der Waals surface area (Å²) in [6, 6.07) is 0.567. The van der Waals surface area contributed by atoms with Gasteiger partial charge in [-0.05, 0) is 37.3 Å². The van der Waals surface area contributed by atoms with Crippen LogP contribution in [0, 0.1) is 11.3 Å². The Kier molecular flexibility index (Phi) is 3.87. The highest BCUT2D eigenvalue weighted by atomic mass is 15.2. The summed E-state index contributed by atoms with van der Waals surface area (Å²) in [6.45, 7) is 11.8. The molecule has 3 heterocycles. The van der Waals surface area contributed by atoms with Crippen molar-refractivity contribution >= 4 is 0 Å². The van der Waals surface area contributed by atoms with E-state index >= 15 is 0 Å². The standard InChI is InChI=1S/C16H28N4/c1-16(2,3)12-4-6-20(7-5-12)10-13-8-14-15(9-17-13)19-11-18-14/h11-13,17H,4-10H2,1-3H3,(H,18,19). The van der Waals surface area contributed by atoms with E-state index in [1.165, 1.54) is 43.9 Å². The van der Waals surface area contributed by atoms with Crippen molar-refractivity contribution in [3.63, 3.8) is 0 Å². The van der Waals surface area contributed by atoms with Crippen molar-refractivity contribution < 1.29 is 0 Å². The first kappa shape index (κ1) is 14.1. The number of likely N-dealkylation sites (tertiary alicyclic amines) is 1. The number of nitrogens with one attached hydrogen (secondary N) is 2. The molecule has 0 aromatic carbocycles. The molecular weight excluding hydrogens is 248 g/mol. The monoisotopic (exact) mass is 276 g/mol. The molecule has 0 spiro atoms. The van der Waals surface area contributed by atoms with E-state index in [4.69, 9.17) is 0 Å². The molecule has 2 aliphatic heterocycles. The van der Waals surface area contributed by atoms with Crippen LogP contribution in [-0.2, 0) is 13.0 Å². The van der Waals surface area contributed by atoms with Crippen molar-refractivity contribution in [2.75, 3.05) is 19.6 Å². The molecule has 0 aliphatic carbocycles. The Hall–Kier alpha value is -0.870. The number of aromatic amines is 1. The summed E-state index contributed by atoms with van der Waals surface area (Å²) in [5.41, 5.74) is 3.00. The lowest BCUT2D eigenvalue weighted by Gasteiger charge is -2.40. The Morgan fingerprint density at radius 3 is 2.75 bits per heavy atom. The summed E-state index contributed by atoms with van der Waals surface area (Å²) in [4.78, 5) is 10.3. The van der Waals surface area contributed by atoms with E-state index in [0.717, 1.165) is 18.9 Å². The molecule has 4 nitrogen and oxygen atoms in total. The summed E-state index contributed by atoms with van der Waals surface area (Å²) in [6.07, 6.45) is 5.59. The normalized spacial score (nSPS) is 25.6. The van der Waals surface area contributed by atoms with Crippen molar-refractivity contribution in [3.05, 3.63) is 17.7 Å². The maximum atomic E-state index is 4.43. The molecule has 0 amide bonds. The van der Waals surface area contributed by atoms with Gasteiger partial charge in [-0.15, -0.1) is 0 Å². The van der Waals surface area contributed by atoms with Crippen LogP contribution in [0.2, 0.25) is 0 Å². The Balaban J connectivity index is 1.49. The van der Waals surface area contributed by atoms with E-state index < -0.39 is 0 Å². The highest BCUT2D eigenvalue weighted by Gasteiger charge is 2.30. The quantitative estimate of drug-likeness (QED) is 0.870. The lowest BCUT2D eigenvalue weighted by atomic mass is 9.75. The van der Waals surface area contributed by atoms with Gasteiger partial charge in [0.2, 0.25) is 0 Å². The summed E-state index contributed by atoms with van der Waals surface area (Å²) in [7, 11) is 0. The number of fused-ring (bicyclic) bond motifs is 1. The van der Waals surface area contributed by atoms with Gasteiger partial charge in [0.05, 0.1) is 17.7 Å². The van der Waals surface area contributed by atoms with E-state index in [2.05, 4.69) is 41.0 Å². The fourth-order valence-electron chi connectivity index (χ4n) is 3.65. The van der Waals surface area contributed by atoms with E-state index in [1.807, 2.05) is 6.33 Å². The lowest BCUT2D eigenvalue weighted by molar-refractivity contribution is 0.104. The molecule has 1 fully saturated rings. The predicted octanol–water partition coefficient (Wildman–Crippen LogP) is 2.18. The van der Waals surface area contributed by atoms with Crippen molar-refractivity contribution in [1.82, 2.24) is 20.2 Å². The fraction of sp³-hybridized carbons (Fsp3) is 0.812. The molecular formula is C16H28N4. The van der Waals surface area contributed by atoms with Crippen molar-refractivity contribution in [2.24, 2.45) is 11.3 Å². The fourth-order valence-corrected chi connectivity index (χ4v) is 3.65. The van der Waals surface area contributed by atoms with Gasteiger partial charge in [-0.2, -0.15) is 0 Å². The summed E-state index contributed by atoms with van der Waals surface area (Å²) in [5, 5.41) is 3.64. The Morgan fingerprint density at radius 1 is 1.30 bits per heavy atom. The second-order valence-corrected chi connectivity index (χ2v) is 7.55. The predicted molar refractivity (Wildman–Crippen MR) is 81.5 cm³/mol. The van der Waals surface area contributed by atoms with E-state index in [9.17, 15) is 0 Å². The zero-order chi connectivity index (χ0) is 14.2. The Labute approximate surface area is 122 Å². The molecule has 2 N–H and O–H groups in total. The first-order valence-electron chi connectivity index (χ1n) is 7.99. The molecule has 2 aliphatic rings. The van der Waals surface area contributed by atoms with Gasteiger partial charge in [-0.1, -0.05) is 20.8 Å². The molecule has 3 rings (SSSR count). The number of imidazole rings is 1. The zero-order valence-corrected chi connectivity index (χ0v) is 13.1. The lowest BCUT2D eigenvalue weighted by Crippen LogP contribution is -2.47. The third-order valence-corrected chi connectivity index (χ3v) is 5.11. The molecule has 0 saturated carbocycles. The van der Waals surface area contributed by atoms with Crippen LogP contribution < -0.4 is 5.32 Å². The average Bonchev–Trinajstić information content (AvgIpc) is 2.86. The second kappa shape index (κ2) is 5.49. The number of hydrogen-bond donors (Lipinski definition) is 2. The maximum Gasteiger partial charge on any atom is 0.0925 e. The van der Waals surface area contributed by atoms with Gasteiger partial charge in [0.15, 0.2) is 0 Å². The number of rotatable bonds is 2. The topological polar surface area (TPSA) is 44.0 Å². The average molecular weight is 276 g/mol. The summed E-state index contributed by atoms with van der Waals surface area (Å²) < 4.78 is 0. The summed E-state index contributed by atoms with van der Waals surface area (Å²) in [5.74, 6) is 0.885. The van der Waals surface area contributed by atoms with Crippen LogP contribution in [0.5, 0.6) is 0 Å². The minimum atomic E-state index is 0.471. The maximum absolute atomic E-state index is 4.43. The largest absolute Gasteiger partial charge is 0.347 e. The Bertz CT molecular complexity index is 438. The van der Waals surface area contributed by atoms with E-state index in [0.29, 0.717) is 11.5 Å². The number of piperidine rings is 1. The van der Waals surface area contributed by atoms with Crippen LogP contribution >= 0.6 is 0 Å². The summed E-state index contributed by atoms with van der Waals surface area (Å²) >= 11 is 0. The van der Waals surface area contributed by atoms with Crippen LogP contribution in [0.1, 0.15) is 45.0 Å². The molecule has 1 atom stereocenters. The van der Waals surface area contributed by atoms with E-state index in [1.54, 1.807) is 0 Å². The molecule has 4 heteroatoms. The second-order valence-electron chi connectivity index (χ2n) is 7.55. The smallest absolute Gasteiger partial charge is 0.0925 e. The van der Waals surface area contributed by atoms with Crippen LogP contribution in [0.3, 0.4) is 0 Å². The van der Waals surface area contributed by atoms with Crippen molar-refractivity contribution in [3.8, 4) is 0 Å². The van der Waals surface area contributed by atoms with Gasteiger partial charge in [0, 0.05) is 25.6 Å². The third-order valence-electron chi connectivity index (χ3n) is 5.11. The molecule has 0 radical (unpaired) electrons. The van der Waals surface area contributed by atoms with Gasteiger partial charge in [0.25, 0.3) is 0 Å². The number of nitrogens with zero attached hydrogens (tertiary/aromatic N) is 2. The molecule has 1 aromatic heterocycles. The highest BCUT2D eigenvalue weighted by molar-refractivity contribution is 5.16. The molecule has 1 saturated heterocycles. The van der Waals surface area contributed by atoms with Crippen LogP contribution in [0.4, 0.5) is 0 Å². The van der Waals surface area contributed by atoms with Gasteiger partial charge in [-0.3, -0.25) is 0 Å².